The summed E-state index contributed by atoms with van der Waals surface area (Å²) in [6.07, 6.45) is 1.60. The fraction of sp³-hybridized carbons (Fsp3) is 0.273. The van der Waals surface area contributed by atoms with Crippen molar-refractivity contribution in [2.45, 2.75) is 6.54 Å². The predicted molar refractivity (Wildman–Crippen MR) is 74.1 cm³/mol. The van der Waals surface area contributed by atoms with Crippen molar-refractivity contribution >= 4 is 34.9 Å². The molecule has 3 rings (SSSR count). The number of hydrogen-bond acceptors (Lipinski definition) is 5. The van der Waals surface area contributed by atoms with Gasteiger partial charge in [-0.25, -0.2) is 14.5 Å². The van der Waals surface area contributed by atoms with Gasteiger partial charge in [-0.15, -0.1) is 11.3 Å². The van der Waals surface area contributed by atoms with Crippen molar-refractivity contribution in [1.82, 2.24) is 20.1 Å². The van der Waals surface area contributed by atoms with Crippen LogP contribution in [0.2, 0.25) is 0 Å². The molecule has 0 saturated carbocycles. The monoisotopic (exact) mass is 292 g/mol. The van der Waals surface area contributed by atoms with Gasteiger partial charge in [-0.05, 0) is 0 Å². The van der Waals surface area contributed by atoms with Gasteiger partial charge in [0.25, 0.3) is 5.91 Å². The van der Waals surface area contributed by atoms with E-state index in [-0.39, 0.29) is 11.9 Å². The lowest BCUT2D eigenvalue weighted by Gasteiger charge is -2.12. The minimum absolute atomic E-state index is 0.148. The Labute approximate surface area is 118 Å². The van der Waals surface area contributed by atoms with Crippen molar-refractivity contribution in [2.75, 3.05) is 23.8 Å². The van der Waals surface area contributed by atoms with E-state index in [0.717, 1.165) is 0 Å². The van der Waals surface area contributed by atoms with Crippen LogP contribution in [-0.4, -0.2) is 40.3 Å². The van der Waals surface area contributed by atoms with Crippen LogP contribution in [0.1, 0.15) is 9.80 Å². The Morgan fingerprint density at radius 3 is 2.95 bits per heavy atom. The zero-order valence-electron chi connectivity index (χ0n) is 10.7. The molecule has 104 valence electrons. The van der Waals surface area contributed by atoms with Gasteiger partial charge in [-0.3, -0.25) is 15.0 Å². The summed E-state index contributed by atoms with van der Waals surface area (Å²) in [6.45, 7) is 1.16. The number of nitrogens with zero attached hydrogens (tertiary/aromatic N) is 4. The number of amides is 3. The van der Waals surface area contributed by atoms with Crippen LogP contribution in [-0.2, 0) is 6.54 Å². The van der Waals surface area contributed by atoms with Gasteiger partial charge in [0.15, 0.2) is 10.8 Å². The number of rotatable bonds is 2. The number of aromatic nitrogens is 3. The van der Waals surface area contributed by atoms with Gasteiger partial charge >= 0.3 is 6.03 Å². The van der Waals surface area contributed by atoms with E-state index in [0.29, 0.717) is 29.7 Å². The third-order valence-electron chi connectivity index (χ3n) is 2.90. The van der Waals surface area contributed by atoms with Crippen molar-refractivity contribution in [3.8, 4) is 0 Å². The first-order valence-corrected chi connectivity index (χ1v) is 6.85. The molecule has 0 aliphatic carbocycles. The maximum absolute atomic E-state index is 12.3. The zero-order chi connectivity index (χ0) is 14.1. The van der Waals surface area contributed by atoms with Crippen LogP contribution in [0.5, 0.6) is 0 Å². The molecule has 0 fully saturated rings. The molecular weight excluding hydrogens is 280 g/mol. The van der Waals surface area contributed by atoms with E-state index in [1.807, 2.05) is 0 Å². The van der Waals surface area contributed by atoms with Crippen molar-refractivity contribution in [3.63, 3.8) is 0 Å². The molecule has 0 radical (unpaired) electrons. The van der Waals surface area contributed by atoms with Crippen LogP contribution in [0, 0.1) is 0 Å². The van der Waals surface area contributed by atoms with Crippen molar-refractivity contribution in [1.29, 1.82) is 0 Å². The summed E-state index contributed by atoms with van der Waals surface area (Å²) in [5, 5.41) is 11.5. The molecule has 3 amide bonds. The van der Waals surface area contributed by atoms with Crippen molar-refractivity contribution in [3.05, 3.63) is 22.7 Å². The molecule has 0 unspecified atom stereocenters. The summed E-state index contributed by atoms with van der Waals surface area (Å²) in [4.78, 5) is 29.2. The summed E-state index contributed by atoms with van der Waals surface area (Å²) in [5.74, 6) is 0.928. The quantitative estimate of drug-likeness (QED) is 0.854. The average molecular weight is 292 g/mol. The molecule has 0 bridgehead atoms. The highest BCUT2D eigenvalue weighted by atomic mass is 32.1. The van der Waals surface area contributed by atoms with E-state index in [2.05, 4.69) is 20.7 Å². The first-order chi connectivity index (χ1) is 9.69. The predicted octanol–water partition coefficient (Wildman–Crippen LogP) is 0.751. The van der Waals surface area contributed by atoms with E-state index in [4.69, 9.17) is 0 Å². The highest BCUT2D eigenvalue weighted by Gasteiger charge is 2.29. The summed E-state index contributed by atoms with van der Waals surface area (Å²) in [6, 6.07) is 1.33. The second kappa shape index (κ2) is 4.93. The van der Waals surface area contributed by atoms with E-state index >= 15 is 0 Å². The number of nitrogens with one attached hydrogen (secondary N) is 2. The number of carbonyl (C=O) groups excluding carboxylic acids is 2. The number of anilines is 2. The van der Waals surface area contributed by atoms with Crippen LogP contribution < -0.4 is 15.5 Å². The van der Waals surface area contributed by atoms with Gasteiger partial charge in [0.05, 0.1) is 6.54 Å². The Morgan fingerprint density at radius 2 is 2.25 bits per heavy atom. The minimum Gasteiger partial charge on any atom is -0.341 e. The van der Waals surface area contributed by atoms with Gasteiger partial charge in [0, 0.05) is 31.2 Å². The Kier molecular flexibility index (Phi) is 3.11. The summed E-state index contributed by atoms with van der Waals surface area (Å²) in [5.41, 5.74) is 0. The lowest BCUT2D eigenvalue weighted by Crippen LogP contribution is -2.29. The number of carbonyl (C=O) groups is 2. The highest BCUT2D eigenvalue weighted by Crippen LogP contribution is 2.26. The highest BCUT2D eigenvalue weighted by molar-refractivity contribution is 7.11. The standard InChI is InChI=1S/C11H12N6O2S/c1-12-11(19)14-7-6-8-16(3-4-17(8)15-7)10(18)9-13-2-5-20-9/h2,5-6H,3-4H2,1H3,(H2,12,14,15,19). The zero-order valence-corrected chi connectivity index (χ0v) is 11.5. The normalized spacial score (nSPS) is 13.2. The van der Waals surface area contributed by atoms with E-state index in [9.17, 15) is 9.59 Å². The number of hydrogen-bond donors (Lipinski definition) is 2. The molecule has 0 spiro atoms. The summed E-state index contributed by atoms with van der Waals surface area (Å²) < 4.78 is 1.69. The second-order valence-electron chi connectivity index (χ2n) is 4.11. The Morgan fingerprint density at radius 1 is 1.40 bits per heavy atom. The fourth-order valence-electron chi connectivity index (χ4n) is 1.99. The van der Waals surface area contributed by atoms with E-state index in [1.54, 1.807) is 27.2 Å². The number of thiazole rings is 1. The molecule has 3 heterocycles. The van der Waals surface area contributed by atoms with Crippen LogP contribution in [0.15, 0.2) is 17.6 Å². The fourth-order valence-corrected chi connectivity index (χ4v) is 2.57. The molecule has 2 aromatic heterocycles. The lowest BCUT2D eigenvalue weighted by molar-refractivity contribution is 0.0989. The topological polar surface area (TPSA) is 92.2 Å². The Hall–Kier alpha value is -2.42. The van der Waals surface area contributed by atoms with E-state index < -0.39 is 0 Å². The first-order valence-electron chi connectivity index (χ1n) is 5.97. The summed E-state index contributed by atoms with van der Waals surface area (Å²) >= 11 is 1.30. The molecule has 1 aliphatic rings. The van der Waals surface area contributed by atoms with Gasteiger partial charge in [-0.1, -0.05) is 0 Å². The molecule has 20 heavy (non-hydrogen) atoms. The number of fused-ring (bicyclic) bond motifs is 1. The third kappa shape index (κ3) is 2.11. The molecule has 2 aromatic rings. The molecule has 9 heteroatoms. The van der Waals surface area contributed by atoms with Crippen LogP contribution in [0.3, 0.4) is 0 Å². The van der Waals surface area contributed by atoms with Gasteiger partial charge in [0.2, 0.25) is 0 Å². The maximum Gasteiger partial charge on any atom is 0.320 e. The SMILES string of the molecule is CNC(=O)Nc1cc2n(n1)CCN2C(=O)c1nccs1. The second-order valence-corrected chi connectivity index (χ2v) is 5.00. The van der Waals surface area contributed by atoms with Crippen molar-refractivity contribution < 1.29 is 9.59 Å². The maximum atomic E-state index is 12.3. The average Bonchev–Trinajstić information content (AvgIpc) is 3.13. The van der Waals surface area contributed by atoms with E-state index in [1.165, 1.54) is 18.4 Å². The summed E-state index contributed by atoms with van der Waals surface area (Å²) in [7, 11) is 1.53. The van der Waals surface area contributed by atoms with Gasteiger partial charge in [0.1, 0.15) is 5.82 Å². The smallest absolute Gasteiger partial charge is 0.320 e. The Balaban J connectivity index is 1.83. The lowest BCUT2D eigenvalue weighted by atomic mass is 10.4. The van der Waals surface area contributed by atoms with Gasteiger partial charge in [-0.2, -0.15) is 5.10 Å². The molecule has 0 atom stereocenters. The van der Waals surface area contributed by atoms with Crippen LogP contribution in [0.4, 0.5) is 16.4 Å². The largest absolute Gasteiger partial charge is 0.341 e. The Bertz CT molecular complexity index is 650. The van der Waals surface area contributed by atoms with Crippen LogP contribution >= 0.6 is 11.3 Å². The molecule has 8 nitrogen and oxygen atoms in total. The molecule has 1 aliphatic heterocycles. The molecule has 0 saturated heterocycles. The van der Waals surface area contributed by atoms with Crippen LogP contribution in [0.25, 0.3) is 0 Å². The molecule has 2 N–H and O–H groups in total. The third-order valence-corrected chi connectivity index (χ3v) is 3.66. The minimum atomic E-state index is -0.348. The molecular formula is C11H12N6O2S. The van der Waals surface area contributed by atoms with Gasteiger partial charge < -0.3 is 5.32 Å². The number of urea groups is 1. The molecule has 0 aromatic carbocycles. The first kappa shape index (κ1) is 12.6. The van der Waals surface area contributed by atoms with Crippen molar-refractivity contribution in [2.24, 2.45) is 0 Å².